The number of carbonyl (C=O) groups excluding carboxylic acids is 3. The largest absolute Gasteiger partial charge is 0.462 e. The number of rotatable bonds is 68. The molecule has 0 fully saturated rings. The Labute approximate surface area is 500 Å². The molecule has 0 aliphatic heterocycles. The van der Waals surface area contributed by atoms with Crippen LogP contribution in [0.25, 0.3) is 0 Å². The summed E-state index contributed by atoms with van der Waals surface area (Å²) in [5.74, 6) is -0.848. The van der Waals surface area contributed by atoms with E-state index in [0.717, 1.165) is 70.6 Å². The Bertz CT molecular complexity index is 1290. The average Bonchev–Trinajstić information content (AvgIpc) is 3.46. The molecule has 0 N–H and O–H groups in total. The lowest BCUT2D eigenvalue weighted by Gasteiger charge is -2.18. The maximum Gasteiger partial charge on any atom is 0.306 e. The molecule has 0 radical (unpaired) electrons. The molecule has 0 amide bonds. The first-order valence-electron chi connectivity index (χ1n) is 36.3. The molecule has 0 saturated heterocycles. The predicted molar refractivity (Wildman–Crippen MR) is 349 cm³/mol. The standard InChI is InChI=1S/C74H140O6/c1-4-7-10-13-16-19-22-24-26-28-30-32-34-36-37-39-40-42-44-46-48-50-52-55-58-61-64-67-73(76)79-70-71(69-78-72(75)66-63-60-57-54-21-18-15-12-9-6-3)80-74(77)68-65-62-59-56-53-51-49-47-45-43-41-38-35-33-31-29-27-25-23-20-17-14-11-8-5-2/h12,15,28,30,71H,4-11,13-14,16-27,29,31-70H2,1-3H3/b15-12-,30-28-. The molecule has 0 aliphatic rings. The molecule has 1 atom stereocenters. The van der Waals surface area contributed by atoms with E-state index < -0.39 is 6.10 Å². The van der Waals surface area contributed by atoms with E-state index in [2.05, 4.69) is 45.1 Å². The molecule has 472 valence electrons. The summed E-state index contributed by atoms with van der Waals surface area (Å²) in [5.41, 5.74) is 0. The summed E-state index contributed by atoms with van der Waals surface area (Å²) in [6.45, 7) is 6.65. The van der Waals surface area contributed by atoms with E-state index in [9.17, 15) is 14.4 Å². The first kappa shape index (κ1) is 77.9. The van der Waals surface area contributed by atoms with Crippen LogP contribution in [0, 0.1) is 0 Å². The summed E-state index contributed by atoms with van der Waals surface area (Å²) in [6.07, 6.45) is 85.2. The Morgan fingerprint density at radius 1 is 0.237 bits per heavy atom. The zero-order chi connectivity index (χ0) is 57.8. The van der Waals surface area contributed by atoms with Gasteiger partial charge in [-0.2, -0.15) is 0 Å². The van der Waals surface area contributed by atoms with Crippen LogP contribution < -0.4 is 0 Å². The van der Waals surface area contributed by atoms with Gasteiger partial charge in [-0.25, -0.2) is 0 Å². The lowest BCUT2D eigenvalue weighted by Crippen LogP contribution is -2.30. The molecule has 0 aromatic carbocycles. The van der Waals surface area contributed by atoms with Crippen LogP contribution >= 0.6 is 0 Å². The molecule has 6 nitrogen and oxygen atoms in total. The summed E-state index contributed by atoms with van der Waals surface area (Å²) >= 11 is 0. The minimum atomic E-state index is -0.771. The monoisotopic (exact) mass is 1130 g/mol. The molecule has 80 heavy (non-hydrogen) atoms. The third-order valence-electron chi connectivity index (χ3n) is 16.7. The topological polar surface area (TPSA) is 78.9 Å². The van der Waals surface area contributed by atoms with Gasteiger partial charge in [0.1, 0.15) is 13.2 Å². The fraction of sp³-hybridized carbons (Fsp3) is 0.905. The second-order valence-electron chi connectivity index (χ2n) is 24.9. The number of unbranched alkanes of at least 4 members (excludes halogenated alkanes) is 53. The van der Waals surface area contributed by atoms with Gasteiger partial charge in [0.05, 0.1) is 0 Å². The fourth-order valence-corrected chi connectivity index (χ4v) is 11.2. The van der Waals surface area contributed by atoms with Crippen LogP contribution in [-0.2, 0) is 28.6 Å². The van der Waals surface area contributed by atoms with Crippen molar-refractivity contribution in [2.75, 3.05) is 13.2 Å². The number of hydrogen-bond donors (Lipinski definition) is 0. The van der Waals surface area contributed by atoms with Crippen molar-refractivity contribution >= 4 is 17.9 Å². The van der Waals surface area contributed by atoms with Crippen molar-refractivity contribution in [3.05, 3.63) is 24.3 Å². The van der Waals surface area contributed by atoms with E-state index in [0.29, 0.717) is 19.3 Å². The Balaban J connectivity index is 4.11. The van der Waals surface area contributed by atoms with Gasteiger partial charge in [0.15, 0.2) is 6.10 Å². The van der Waals surface area contributed by atoms with Crippen molar-refractivity contribution in [3.8, 4) is 0 Å². The van der Waals surface area contributed by atoms with Crippen LogP contribution in [0.1, 0.15) is 412 Å². The van der Waals surface area contributed by atoms with Crippen LogP contribution in [-0.4, -0.2) is 37.2 Å². The highest BCUT2D eigenvalue weighted by molar-refractivity contribution is 5.71. The van der Waals surface area contributed by atoms with E-state index in [-0.39, 0.29) is 31.1 Å². The number of allylic oxidation sites excluding steroid dienone is 4. The van der Waals surface area contributed by atoms with Crippen LogP contribution in [0.4, 0.5) is 0 Å². The van der Waals surface area contributed by atoms with Crippen molar-refractivity contribution in [2.24, 2.45) is 0 Å². The van der Waals surface area contributed by atoms with Crippen molar-refractivity contribution < 1.29 is 28.6 Å². The third kappa shape index (κ3) is 66.7. The van der Waals surface area contributed by atoms with Crippen molar-refractivity contribution in [3.63, 3.8) is 0 Å². The van der Waals surface area contributed by atoms with Gasteiger partial charge in [0.2, 0.25) is 0 Å². The lowest BCUT2D eigenvalue weighted by molar-refractivity contribution is -0.167. The molecule has 0 aliphatic carbocycles. The normalized spacial score (nSPS) is 12.1. The van der Waals surface area contributed by atoms with E-state index in [1.807, 2.05) is 0 Å². The maximum absolute atomic E-state index is 12.9. The van der Waals surface area contributed by atoms with E-state index >= 15 is 0 Å². The molecule has 0 rings (SSSR count). The number of esters is 3. The van der Waals surface area contributed by atoms with Gasteiger partial charge in [-0.1, -0.05) is 353 Å². The molecule has 0 aromatic heterocycles. The number of hydrogen-bond acceptors (Lipinski definition) is 6. The lowest BCUT2D eigenvalue weighted by atomic mass is 10.0. The first-order valence-corrected chi connectivity index (χ1v) is 36.3. The minimum Gasteiger partial charge on any atom is -0.462 e. The van der Waals surface area contributed by atoms with E-state index in [1.165, 1.54) is 302 Å². The molecule has 1 unspecified atom stereocenters. The third-order valence-corrected chi connectivity index (χ3v) is 16.7. The first-order chi connectivity index (χ1) is 39.5. The molecule has 0 saturated carbocycles. The summed E-state index contributed by atoms with van der Waals surface area (Å²) in [7, 11) is 0. The fourth-order valence-electron chi connectivity index (χ4n) is 11.2. The highest BCUT2D eigenvalue weighted by Crippen LogP contribution is 2.19. The quantitative estimate of drug-likeness (QED) is 0.0261. The highest BCUT2D eigenvalue weighted by Gasteiger charge is 2.19. The predicted octanol–water partition coefficient (Wildman–Crippen LogP) is 25.0. The molecule has 0 bridgehead atoms. The SMILES string of the molecule is CCC/C=C\CCCCCCCC(=O)OCC(COC(=O)CCCCCCCCCCCCCCCCC/C=C\CCCCCCCCCC)OC(=O)CCCCCCCCCCCCCCCCCCCCCCCCCCC. The van der Waals surface area contributed by atoms with Gasteiger partial charge in [-0.15, -0.1) is 0 Å². The zero-order valence-corrected chi connectivity index (χ0v) is 54.4. The summed E-state index contributed by atoms with van der Waals surface area (Å²) < 4.78 is 17.0. The van der Waals surface area contributed by atoms with Gasteiger partial charge >= 0.3 is 17.9 Å². The van der Waals surface area contributed by atoms with Gasteiger partial charge in [0, 0.05) is 19.3 Å². The average molecular weight is 1130 g/mol. The maximum atomic E-state index is 12.9. The second-order valence-corrected chi connectivity index (χ2v) is 24.9. The Hall–Kier alpha value is -2.11. The summed E-state index contributed by atoms with van der Waals surface area (Å²) in [4.78, 5) is 38.3. The Kier molecular flexibility index (Phi) is 67.6. The van der Waals surface area contributed by atoms with Crippen LogP contribution in [0.5, 0.6) is 0 Å². The van der Waals surface area contributed by atoms with E-state index in [1.54, 1.807) is 0 Å². The molecule has 0 aromatic rings. The molecule has 6 heteroatoms. The second kappa shape index (κ2) is 69.4. The smallest absolute Gasteiger partial charge is 0.306 e. The van der Waals surface area contributed by atoms with Crippen LogP contribution in [0.15, 0.2) is 24.3 Å². The van der Waals surface area contributed by atoms with E-state index in [4.69, 9.17) is 14.2 Å². The van der Waals surface area contributed by atoms with Crippen LogP contribution in [0.2, 0.25) is 0 Å². The van der Waals surface area contributed by atoms with Crippen molar-refractivity contribution in [2.45, 2.75) is 419 Å². The molecule has 0 spiro atoms. The summed E-state index contributed by atoms with van der Waals surface area (Å²) in [6, 6.07) is 0. The van der Waals surface area contributed by atoms with Gasteiger partial charge in [-0.05, 0) is 64.2 Å². The van der Waals surface area contributed by atoms with Crippen molar-refractivity contribution in [1.82, 2.24) is 0 Å². The molecule has 0 heterocycles. The number of ether oxygens (including phenoxy) is 3. The van der Waals surface area contributed by atoms with Gasteiger partial charge in [-0.3, -0.25) is 14.4 Å². The number of carbonyl (C=O) groups is 3. The van der Waals surface area contributed by atoms with Gasteiger partial charge < -0.3 is 14.2 Å². The highest BCUT2D eigenvalue weighted by atomic mass is 16.6. The summed E-state index contributed by atoms with van der Waals surface area (Å²) in [5, 5.41) is 0. The Morgan fingerprint density at radius 3 is 0.675 bits per heavy atom. The minimum absolute atomic E-state index is 0.0681. The zero-order valence-electron chi connectivity index (χ0n) is 54.4. The molecular formula is C74H140O6. The molecular weight excluding hydrogens is 985 g/mol. The Morgan fingerprint density at radius 2 is 0.438 bits per heavy atom. The van der Waals surface area contributed by atoms with Crippen LogP contribution in [0.3, 0.4) is 0 Å². The van der Waals surface area contributed by atoms with Gasteiger partial charge in [0.25, 0.3) is 0 Å². The van der Waals surface area contributed by atoms with Crippen molar-refractivity contribution in [1.29, 1.82) is 0 Å².